The predicted molar refractivity (Wildman–Crippen MR) is 48.5 cm³/mol. The lowest BCUT2D eigenvalue weighted by Crippen LogP contribution is -2.05. The topological polar surface area (TPSA) is 20.2 Å². The molecule has 2 unspecified atom stereocenters. The van der Waals surface area contributed by atoms with Crippen molar-refractivity contribution in [2.75, 3.05) is 6.61 Å². The zero-order valence-electron chi connectivity index (χ0n) is 7.13. The minimum absolute atomic E-state index is 0.324. The zero-order valence-corrected chi connectivity index (χ0v) is 7.95. The van der Waals surface area contributed by atoms with E-state index in [-0.39, 0.29) is 0 Å². The van der Waals surface area contributed by atoms with Gasteiger partial charge in [-0.15, -0.1) is 0 Å². The molecule has 0 radical (unpaired) electrons. The molecule has 10 heavy (non-hydrogen) atoms. The van der Waals surface area contributed by atoms with Crippen molar-refractivity contribution in [3.8, 4) is 0 Å². The molecule has 2 heteroatoms. The van der Waals surface area contributed by atoms with E-state index in [4.69, 9.17) is 5.11 Å². The first kappa shape index (κ1) is 10.3. The van der Waals surface area contributed by atoms with Crippen LogP contribution < -0.4 is 0 Å². The van der Waals surface area contributed by atoms with Crippen LogP contribution in [0.25, 0.3) is 0 Å². The van der Waals surface area contributed by atoms with Crippen LogP contribution in [-0.2, 0) is 0 Å². The van der Waals surface area contributed by atoms with Gasteiger partial charge in [0.25, 0.3) is 0 Å². The van der Waals surface area contributed by atoms with Gasteiger partial charge in [0, 0.05) is 17.1 Å². The molecule has 0 aliphatic heterocycles. The molecule has 62 valence electrons. The van der Waals surface area contributed by atoms with Gasteiger partial charge >= 0.3 is 0 Å². The van der Waals surface area contributed by atoms with Crippen LogP contribution in [0.4, 0.5) is 0 Å². The van der Waals surface area contributed by atoms with Crippen molar-refractivity contribution in [3.05, 3.63) is 0 Å². The number of aliphatic hydroxyl groups excluding tert-OH is 1. The normalized spacial score (nSPS) is 16.8. The van der Waals surface area contributed by atoms with E-state index in [0.717, 1.165) is 11.7 Å². The van der Waals surface area contributed by atoms with Gasteiger partial charge in [0.15, 0.2) is 0 Å². The van der Waals surface area contributed by atoms with Crippen LogP contribution >= 0.6 is 11.8 Å². The first-order chi connectivity index (χ1) is 4.70. The van der Waals surface area contributed by atoms with E-state index in [1.54, 1.807) is 0 Å². The van der Waals surface area contributed by atoms with E-state index in [2.05, 4.69) is 20.8 Å². The maximum absolute atomic E-state index is 8.61. The van der Waals surface area contributed by atoms with Gasteiger partial charge in [-0.1, -0.05) is 20.8 Å². The van der Waals surface area contributed by atoms with Gasteiger partial charge in [-0.25, -0.2) is 0 Å². The average molecular weight is 162 g/mol. The molecular weight excluding hydrogens is 144 g/mol. The number of hydrogen-bond acceptors (Lipinski definition) is 2. The monoisotopic (exact) mass is 162 g/mol. The smallest absolute Gasteiger partial charge is 0.0441 e. The lowest BCUT2D eigenvalue weighted by atomic mass is 10.3. The average Bonchev–Trinajstić information content (AvgIpc) is 1.88. The molecule has 2 atom stereocenters. The fourth-order valence-electron chi connectivity index (χ4n) is 0.743. The van der Waals surface area contributed by atoms with Crippen molar-refractivity contribution in [2.24, 2.45) is 0 Å². The van der Waals surface area contributed by atoms with Crippen LogP contribution in [-0.4, -0.2) is 22.2 Å². The molecule has 1 N–H and O–H groups in total. The van der Waals surface area contributed by atoms with E-state index in [9.17, 15) is 0 Å². The third kappa shape index (κ3) is 5.12. The van der Waals surface area contributed by atoms with Gasteiger partial charge < -0.3 is 5.11 Å². The molecule has 0 fully saturated rings. The zero-order chi connectivity index (χ0) is 7.98. The Balaban J connectivity index is 3.27. The lowest BCUT2D eigenvalue weighted by molar-refractivity contribution is 0.289. The lowest BCUT2D eigenvalue weighted by Gasteiger charge is -2.13. The molecule has 0 spiro atoms. The largest absolute Gasteiger partial charge is 0.396 e. The molecular formula is C8H18OS. The quantitative estimate of drug-likeness (QED) is 0.669. The molecule has 0 aromatic rings. The van der Waals surface area contributed by atoms with E-state index >= 15 is 0 Å². The standard InChI is InChI=1S/C8H18OS/c1-4-7(2)10-8(3)5-6-9/h7-9H,4-6H2,1-3H3. The Kier molecular flexibility index (Phi) is 6.24. The van der Waals surface area contributed by atoms with Crippen LogP contribution in [0.5, 0.6) is 0 Å². The number of hydrogen-bond donors (Lipinski definition) is 1. The highest BCUT2D eigenvalue weighted by Crippen LogP contribution is 2.21. The SMILES string of the molecule is CCC(C)SC(C)CCO. The fraction of sp³-hybridized carbons (Fsp3) is 1.00. The van der Waals surface area contributed by atoms with E-state index in [0.29, 0.717) is 11.9 Å². The molecule has 0 aromatic heterocycles. The van der Waals surface area contributed by atoms with Gasteiger partial charge in [0.05, 0.1) is 0 Å². The van der Waals surface area contributed by atoms with Crippen molar-refractivity contribution in [2.45, 2.75) is 44.1 Å². The van der Waals surface area contributed by atoms with Crippen molar-refractivity contribution in [1.29, 1.82) is 0 Å². The molecule has 0 aliphatic carbocycles. The highest BCUT2D eigenvalue weighted by Gasteiger charge is 2.05. The van der Waals surface area contributed by atoms with E-state index in [1.165, 1.54) is 6.42 Å². The summed E-state index contributed by atoms with van der Waals surface area (Å²) in [5.74, 6) is 0. The summed E-state index contributed by atoms with van der Waals surface area (Å²) >= 11 is 1.96. The second-order valence-electron chi connectivity index (χ2n) is 2.68. The Morgan fingerprint density at radius 2 is 1.90 bits per heavy atom. The van der Waals surface area contributed by atoms with Crippen LogP contribution in [0.3, 0.4) is 0 Å². The Hall–Kier alpha value is 0.310. The maximum atomic E-state index is 8.61. The van der Waals surface area contributed by atoms with Gasteiger partial charge in [0.2, 0.25) is 0 Å². The predicted octanol–water partition coefficient (Wildman–Crippen LogP) is 2.29. The maximum Gasteiger partial charge on any atom is 0.0441 e. The molecule has 0 saturated carbocycles. The van der Waals surface area contributed by atoms with Crippen LogP contribution in [0, 0.1) is 0 Å². The second kappa shape index (κ2) is 6.05. The van der Waals surface area contributed by atoms with Crippen molar-refractivity contribution >= 4 is 11.8 Å². The molecule has 0 amide bonds. The summed E-state index contributed by atoms with van der Waals surface area (Å²) in [5, 5.41) is 9.96. The third-order valence-electron chi connectivity index (χ3n) is 1.58. The summed E-state index contributed by atoms with van der Waals surface area (Å²) in [6.45, 7) is 6.93. The van der Waals surface area contributed by atoms with Crippen molar-refractivity contribution < 1.29 is 5.11 Å². The molecule has 0 aromatic carbocycles. The van der Waals surface area contributed by atoms with Gasteiger partial charge in [-0.05, 0) is 12.8 Å². The first-order valence-electron chi connectivity index (χ1n) is 3.97. The first-order valence-corrected chi connectivity index (χ1v) is 4.91. The van der Waals surface area contributed by atoms with E-state index < -0.39 is 0 Å². The second-order valence-corrected chi connectivity index (χ2v) is 4.56. The van der Waals surface area contributed by atoms with Crippen LogP contribution in [0.1, 0.15) is 33.6 Å². The fourth-order valence-corrected chi connectivity index (χ4v) is 1.97. The Labute approximate surface area is 68.2 Å². The summed E-state index contributed by atoms with van der Waals surface area (Å²) < 4.78 is 0. The van der Waals surface area contributed by atoms with Crippen LogP contribution in [0.2, 0.25) is 0 Å². The summed E-state index contributed by atoms with van der Waals surface area (Å²) in [6.07, 6.45) is 2.15. The van der Waals surface area contributed by atoms with Gasteiger partial charge in [-0.3, -0.25) is 0 Å². The third-order valence-corrected chi connectivity index (χ3v) is 3.07. The van der Waals surface area contributed by atoms with Crippen molar-refractivity contribution in [1.82, 2.24) is 0 Å². The minimum Gasteiger partial charge on any atom is -0.396 e. The van der Waals surface area contributed by atoms with Crippen molar-refractivity contribution in [3.63, 3.8) is 0 Å². The van der Waals surface area contributed by atoms with Gasteiger partial charge in [0.1, 0.15) is 0 Å². The molecule has 0 bridgehead atoms. The molecule has 0 saturated heterocycles. The Morgan fingerprint density at radius 3 is 2.30 bits per heavy atom. The number of thioether (sulfide) groups is 1. The molecule has 1 nitrogen and oxygen atoms in total. The summed E-state index contributed by atoms with van der Waals surface area (Å²) in [4.78, 5) is 0. The highest BCUT2D eigenvalue weighted by molar-refractivity contribution is 8.00. The summed E-state index contributed by atoms with van der Waals surface area (Å²) in [7, 11) is 0. The highest BCUT2D eigenvalue weighted by atomic mass is 32.2. The Morgan fingerprint density at radius 1 is 1.30 bits per heavy atom. The molecule has 0 heterocycles. The molecule has 0 aliphatic rings. The number of aliphatic hydroxyl groups is 1. The number of rotatable bonds is 5. The minimum atomic E-state index is 0.324. The molecule has 0 rings (SSSR count). The van der Waals surface area contributed by atoms with Gasteiger partial charge in [-0.2, -0.15) is 11.8 Å². The van der Waals surface area contributed by atoms with E-state index in [1.807, 2.05) is 11.8 Å². The Bertz CT molecular complexity index is 75.7. The summed E-state index contributed by atoms with van der Waals surface area (Å²) in [6, 6.07) is 0. The summed E-state index contributed by atoms with van der Waals surface area (Å²) in [5.41, 5.74) is 0. The van der Waals surface area contributed by atoms with Crippen LogP contribution in [0.15, 0.2) is 0 Å².